The van der Waals surface area contributed by atoms with Crippen molar-refractivity contribution in [2.24, 2.45) is 7.05 Å². The van der Waals surface area contributed by atoms with Crippen LogP contribution in [0.1, 0.15) is 0 Å². The molecule has 0 aliphatic heterocycles. The van der Waals surface area contributed by atoms with Crippen molar-refractivity contribution in [3.63, 3.8) is 0 Å². The van der Waals surface area contributed by atoms with Gasteiger partial charge in [-0.05, 0) is 0 Å². The van der Waals surface area contributed by atoms with E-state index in [9.17, 15) is 0 Å². The number of hydrogen-bond donors (Lipinski definition) is 0. The van der Waals surface area contributed by atoms with Gasteiger partial charge in [0, 0.05) is 20.6 Å². The molecule has 0 saturated heterocycles. The number of aryl methyl sites for hydroxylation is 1. The molecule has 0 radical (unpaired) electrons. The average Bonchev–Trinajstić information content (AvgIpc) is 2.61. The lowest BCUT2D eigenvalue weighted by atomic mass is 10.3. The Balaban J connectivity index is 2.55. The molecule has 0 aliphatic carbocycles. The summed E-state index contributed by atoms with van der Waals surface area (Å²) in [6.07, 6.45) is 5.17. The summed E-state index contributed by atoms with van der Waals surface area (Å²) in [5.41, 5.74) is 0.843. The first kappa shape index (κ1) is 9.64. The van der Waals surface area contributed by atoms with Crippen LogP contribution >= 0.6 is 0 Å². The van der Waals surface area contributed by atoms with Crippen molar-refractivity contribution in [3.8, 4) is 0 Å². The summed E-state index contributed by atoms with van der Waals surface area (Å²) in [7, 11) is 3.84. The number of rotatable bonds is 3. The molecule has 0 aliphatic rings. The van der Waals surface area contributed by atoms with Crippen molar-refractivity contribution in [2.45, 2.75) is 0 Å². The minimum atomic E-state index is 0.751. The quantitative estimate of drug-likeness (QED) is 0.698. The Hall–Kier alpha value is -1.91. The zero-order chi connectivity index (χ0) is 10.8. The number of hydrogen-bond acceptors (Lipinski definition) is 4. The first-order valence-corrected chi connectivity index (χ1v) is 4.68. The van der Waals surface area contributed by atoms with Crippen LogP contribution in [0, 0.1) is 0 Å². The third-order valence-electron chi connectivity index (χ3n) is 2.27. The Morgan fingerprint density at radius 2 is 2.33 bits per heavy atom. The highest BCUT2D eigenvalue weighted by atomic mass is 15.3. The van der Waals surface area contributed by atoms with Crippen LogP contribution in [-0.2, 0) is 7.05 Å². The molecule has 0 atom stereocenters. The van der Waals surface area contributed by atoms with Crippen LogP contribution in [0.2, 0.25) is 0 Å². The Morgan fingerprint density at radius 1 is 1.53 bits per heavy atom. The van der Waals surface area contributed by atoms with Crippen LogP contribution < -0.4 is 4.90 Å². The number of fused-ring (bicyclic) bond motifs is 1. The van der Waals surface area contributed by atoms with Gasteiger partial charge in [-0.2, -0.15) is 5.10 Å². The third-order valence-corrected chi connectivity index (χ3v) is 2.27. The lowest BCUT2D eigenvalue weighted by molar-refractivity contribution is 0.785. The summed E-state index contributed by atoms with van der Waals surface area (Å²) in [4.78, 5) is 10.4. The van der Waals surface area contributed by atoms with Crippen LogP contribution in [-0.4, -0.2) is 33.3 Å². The van der Waals surface area contributed by atoms with Gasteiger partial charge in [0.15, 0.2) is 5.65 Å². The Bertz CT molecular complexity index is 488. The third kappa shape index (κ3) is 1.56. The smallest absolute Gasteiger partial charge is 0.163 e. The van der Waals surface area contributed by atoms with Gasteiger partial charge in [-0.15, -0.1) is 6.58 Å². The van der Waals surface area contributed by atoms with Gasteiger partial charge in [-0.3, -0.25) is 4.68 Å². The SMILES string of the molecule is C=CCN(C)c1ncnc2c1cnn2C. The lowest BCUT2D eigenvalue weighted by Gasteiger charge is -2.15. The predicted octanol–water partition coefficient (Wildman–Crippen LogP) is 0.985. The second-order valence-electron chi connectivity index (χ2n) is 3.37. The van der Waals surface area contributed by atoms with Crippen LogP contribution in [0.4, 0.5) is 5.82 Å². The second kappa shape index (κ2) is 3.68. The Labute approximate surface area is 88.1 Å². The molecule has 2 aromatic rings. The minimum absolute atomic E-state index is 0.751. The van der Waals surface area contributed by atoms with E-state index in [1.807, 2.05) is 25.1 Å². The summed E-state index contributed by atoms with van der Waals surface area (Å²) in [6, 6.07) is 0. The molecule has 0 fully saturated rings. The molecule has 2 heterocycles. The zero-order valence-electron chi connectivity index (χ0n) is 8.88. The van der Waals surface area contributed by atoms with Crippen molar-refractivity contribution in [1.29, 1.82) is 0 Å². The molecule has 2 rings (SSSR count). The van der Waals surface area contributed by atoms with Crippen molar-refractivity contribution in [2.75, 3.05) is 18.5 Å². The van der Waals surface area contributed by atoms with Crippen LogP contribution in [0.5, 0.6) is 0 Å². The molecule has 0 N–H and O–H groups in total. The Morgan fingerprint density at radius 3 is 3.07 bits per heavy atom. The summed E-state index contributed by atoms with van der Waals surface area (Å²) in [5, 5.41) is 5.12. The van der Waals surface area contributed by atoms with Crippen LogP contribution in [0.3, 0.4) is 0 Å². The highest BCUT2D eigenvalue weighted by molar-refractivity contribution is 5.86. The van der Waals surface area contributed by atoms with Gasteiger partial charge >= 0.3 is 0 Å². The molecule has 0 unspecified atom stereocenters. The maximum Gasteiger partial charge on any atom is 0.163 e. The maximum atomic E-state index is 4.25. The van der Waals surface area contributed by atoms with E-state index in [2.05, 4.69) is 21.6 Å². The number of nitrogens with zero attached hydrogens (tertiary/aromatic N) is 5. The molecule has 0 aromatic carbocycles. The van der Waals surface area contributed by atoms with E-state index < -0.39 is 0 Å². The van der Waals surface area contributed by atoms with E-state index in [0.717, 1.165) is 23.4 Å². The fourth-order valence-electron chi connectivity index (χ4n) is 1.53. The molecule has 0 spiro atoms. The summed E-state index contributed by atoms with van der Waals surface area (Å²) in [6.45, 7) is 4.46. The van der Waals surface area contributed by atoms with Gasteiger partial charge < -0.3 is 4.90 Å². The van der Waals surface area contributed by atoms with Crippen molar-refractivity contribution in [1.82, 2.24) is 19.7 Å². The minimum Gasteiger partial charge on any atom is -0.355 e. The fraction of sp³-hybridized carbons (Fsp3) is 0.300. The van der Waals surface area contributed by atoms with Gasteiger partial charge in [0.2, 0.25) is 0 Å². The number of aromatic nitrogens is 4. The number of anilines is 1. The average molecular weight is 203 g/mol. The fourth-order valence-corrected chi connectivity index (χ4v) is 1.53. The van der Waals surface area contributed by atoms with Crippen molar-refractivity contribution < 1.29 is 0 Å². The van der Waals surface area contributed by atoms with Gasteiger partial charge in [-0.1, -0.05) is 6.08 Å². The first-order valence-electron chi connectivity index (χ1n) is 4.68. The Kier molecular flexibility index (Phi) is 2.37. The molecule has 0 amide bonds. The number of likely N-dealkylation sites (N-methyl/N-ethyl adjacent to an activating group) is 1. The molecule has 78 valence electrons. The normalized spacial score (nSPS) is 10.5. The van der Waals surface area contributed by atoms with E-state index >= 15 is 0 Å². The molecule has 0 saturated carbocycles. The highest BCUT2D eigenvalue weighted by Crippen LogP contribution is 2.20. The molecule has 2 aromatic heterocycles. The van der Waals surface area contributed by atoms with E-state index in [4.69, 9.17) is 0 Å². The summed E-state index contributed by atoms with van der Waals surface area (Å²) < 4.78 is 1.74. The topological polar surface area (TPSA) is 46.8 Å². The van der Waals surface area contributed by atoms with Gasteiger partial charge in [0.05, 0.1) is 11.6 Å². The van der Waals surface area contributed by atoms with E-state index in [1.165, 1.54) is 0 Å². The molecule has 5 heteroatoms. The largest absolute Gasteiger partial charge is 0.355 e. The van der Waals surface area contributed by atoms with E-state index in [1.54, 1.807) is 17.2 Å². The zero-order valence-corrected chi connectivity index (χ0v) is 8.88. The summed E-state index contributed by atoms with van der Waals surface area (Å²) >= 11 is 0. The van der Waals surface area contributed by atoms with Crippen molar-refractivity contribution >= 4 is 16.9 Å². The molecule has 15 heavy (non-hydrogen) atoms. The van der Waals surface area contributed by atoms with E-state index in [-0.39, 0.29) is 0 Å². The van der Waals surface area contributed by atoms with Gasteiger partial charge in [0.25, 0.3) is 0 Å². The monoisotopic (exact) mass is 203 g/mol. The molecular formula is C10H13N5. The van der Waals surface area contributed by atoms with Gasteiger partial charge in [0.1, 0.15) is 12.1 Å². The van der Waals surface area contributed by atoms with E-state index in [0.29, 0.717) is 0 Å². The molecule has 5 nitrogen and oxygen atoms in total. The standard InChI is InChI=1S/C10H13N5/c1-4-5-14(2)9-8-6-13-15(3)10(8)12-7-11-9/h4,6-7H,1,5H2,2-3H3. The highest BCUT2D eigenvalue weighted by Gasteiger charge is 2.10. The predicted molar refractivity (Wildman–Crippen MR) is 59.8 cm³/mol. The summed E-state index contributed by atoms with van der Waals surface area (Å²) in [5.74, 6) is 0.882. The maximum absolute atomic E-state index is 4.25. The molecule has 0 bridgehead atoms. The van der Waals surface area contributed by atoms with Crippen LogP contribution in [0.15, 0.2) is 25.2 Å². The molecular weight excluding hydrogens is 190 g/mol. The van der Waals surface area contributed by atoms with Gasteiger partial charge in [-0.25, -0.2) is 9.97 Å². The second-order valence-corrected chi connectivity index (χ2v) is 3.37. The van der Waals surface area contributed by atoms with Crippen molar-refractivity contribution in [3.05, 3.63) is 25.2 Å². The first-order chi connectivity index (χ1) is 7.24. The lowest BCUT2D eigenvalue weighted by Crippen LogP contribution is -2.18. The van der Waals surface area contributed by atoms with Crippen LogP contribution in [0.25, 0.3) is 11.0 Å².